The number of ketones is 1. The number of hydrogen-bond donors (Lipinski definition) is 2. The highest BCUT2D eigenvalue weighted by Crippen LogP contribution is 2.07. The van der Waals surface area contributed by atoms with Gasteiger partial charge >= 0.3 is 0 Å². The second-order valence-corrected chi connectivity index (χ2v) is 4.77. The van der Waals surface area contributed by atoms with Crippen molar-refractivity contribution in [2.75, 3.05) is 6.54 Å². The molecule has 0 bridgehead atoms. The third-order valence-corrected chi connectivity index (χ3v) is 3.03. The van der Waals surface area contributed by atoms with Crippen molar-refractivity contribution in [1.29, 1.82) is 0 Å². The zero-order valence-corrected chi connectivity index (χ0v) is 11.0. The average molecular weight is 248 g/mol. The molecule has 1 rings (SSSR count). The second kappa shape index (κ2) is 8.84. The summed E-state index contributed by atoms with van der Waals surface area (Å²) in [5.74, 6) is 0.274. The summed E-state index contributed by atoms with van der Waals surface area (Å²) in [5.41, 5.74) is 12.6. The number of benzene rings is 1. The van der Waals surface area contributed by atoms with Gasteiger partial charge in [-0.05, 0) is 37.8 Å². The zero-order valence-electron chi connectivity index (χ0n) is 11.0. The van der Waals surface area contributed by atoms with Crippen molar-refractivity contribution in [3.05, 3.63) is 35.9 Å². The van der Waals surface area contributed by atoms with E-state index in [0.717, 1.165) is 25.7 Å². The van der Waals surface area contributed by atoms with Gasteiger partial charge < -0.3 is 11.5 Å². The fourth-order valence-electron chi connectivity index (χ4n) is 2.01. The van der Waals surface area contributed by atoms with Gasteiger partial charge in [0.1, 0.15) is 5.78 Å². The van der Waals surface area contributed by atoms with Crippen LogP contribution >= 0.6 is 0 Å². The second-order valence-electron chi connectivity index (χ2n) is 4.77. The molecular formula is C15H24N2O. The molecule has 18 heavy (non-hydrogen) atoms. The van der Waals surface area contributed by atoms with Crippen molar-refractivity contribution in [2.45, 2.75) is 44.6 Å². The van der Waals surface area contributed by atoms with E-state index in [0.29, 0.717) is 19.4 Å². The summed E-state index contributed by atoms with van der Waals surface area (Å²) in [6.45, 7) is 0.649. The molecule has 1 aromatic rings. The fourth-order valence-corrected chi connectivity index (χ4v) is 2.01. The van der Waals surface area contributed by atoms with Crippen LogP contribution in [-0.4, -0.2) is 18.4 Å². The van der Waals surface area contributed by atoms with Crippen LogP contribution in [0.1, 0.15) is 37.7 Å². The lowest BCUT2D eigenvalue weighted by Gasteiger charge is -2.09. The Bertz CT molecular complexity index is 338. The summed E-state index contributed by atoms with van der Waals surface area (Å²) in [6, 6.07) is 10.2. The highest BCUT2D eigenvalue weighted by Gasteiger charge is 2.08. The van der Waals surface area contributed by atoms with Crippen LogP contribution in [0.15, 0.2) is 30.3 Å². The van der Waals surface area contributed by atoms with Crippen molar-refractivity contribution < 1.29 is 4.79 Å². The summed E-state index contributed by atoms with van der Waals surface area (Å²) in [5, 5.41) is 0. The topological polar surface area (TPSA) is 69.1 Å². The van der Waals surface area contributed by atoms with E-state index in [1.165, 1.54) is 5.56 Å². The van der Waals surface area contributed by atoms with E-state index in [1.54, 1.807) is 0 Å². The van der Waals surface area contributed by atoms with Gasteiger partial charge in [0.2, 0.25) is 0 Å². The minimum atomic E-state index is -0.0159. The Hall–Kier alpha value is -1.19. The number of nitrogens with two attached hydrogens (primary N) is 2. The Balaban J connectivity index is 2.13. The van der Waals surface area contributed by atoms with Crippen LogP contribution in [0.3, 0.4) is 0 Å². The molecule has 0 saturated carbocycles. The smallest absolute Gasteiger partial charge is 0.134 e. The van der Waals surface area contributed by atoms with Crippen molar-refractivity contribution >= 4 is 5.78 Å². The molecule has 0 aromatic heterocycles. The van der Waals surface area contributed by atoms with Crippen LogP contribution in [0.2, 0.25) is 0 Å². The predicted molar refractivity (Wildman–Crippen MR) is 75.3 cm³/mol. The van der Waals surface area contributed by atoms with Crippen molar-refractivity contribution in [3.8, 4) is 0 Å². The van der Waals surface area contributed by atoms with E-state index in [1.807, 2.05) is 18.2 Å². The summed E-state index contributed by atoms with van der Waals surface area (Å²) in [7, 11) is 0. The lowest BCUT2D eigenvalue weighted by atomic mass is 10.0. The first kappa shape index (κ1) is 14.9. The molecule has 0 spiro atoms. The summed E-state index contributed by atoms with van der Waals surface area (Å²) >= 11 is 0. The van der Waals surface area contributed by atoms with Crippen molar-refractivity contribution in [3.63, 3.8) is 0 Å². The first-order valence-corrected chi connectivity index (χ1v) is 6.73. The first-order chi connectivity index (χ1) is 8.72. The Kier molecular flexibility index (Phi) is 7.30. The molecule has 0 unspecified atom stereocenters. The summed E-state index contributed by atoms with van der Waals surface area (Å²) in [6.07, 6.45) is 4.75. The normalized spacial score (nSPS) is 12.3. The number of carbonyl (C=O) groups excluding carboxylic acids is 1. The average Bonchev–Trinajstić information content (AvgIpc) is 2.37. The van der Waals surface area contributed by atoms with E-state index in [9.17, 15) is 4.79 Å². The molecular weight excluding hydrogens is 224 g/mol. The molecule has 0 amide bonds. The third-order valence-electron chi connectivity index (χ3n) is 3.03. The van der Waals surface area contributed by atoms with Crippen LogP contribution in [0.4, 0.5) is 0 Å². The third kappa shape index (κ3) is 6.52. The Morgan fingerprint density at radius 2 is 1.89 bits per heavy atom. The molecule has 0 fully saturated rings. The molecule has 4 N–H and O–H groups in total. The molecule has 1 aromatic carbocycles. The molecule has 0 radical (unpaired) electrons. The van der Waals surface area contributed by atoms with Gasteiger partial charge in [-0.1, -0.05) is 30.3 Å². The SMILES string of the molecule is NCCC[C@H](N)CC(=O)CCCc1ccccc1. The van der Waals surface area contributed by atoms with Gasteiger partial charge in [0.25, 0.3) is 0 Å². The van der Waals surface area contributed by atoms with Gasteiger partial charge in [-0.3, -0.25) is 4.79 Å². The monoisotopic (exact) mass is 248 g/mol. The van der Waals surface area contributed by atoms with Crippen LogP contribution in [0, 0.1) is 0 Å². The molecule has 100 valence electrons. The lowest BCUT2D eigenvalue weighted by molar-refractivity contribution is -0.119. The predicted octanol–water partition coefficient (Wildman–Crippen LogP) is 2.03. The molecule has 3 heteroatoms. The van der Waals surface area contributed by atoms with E-state index in [4.69, 9.17) is 11.5 Å². The number of hydrogen-bond acceptors (Lipinski definition) is 3. The van der Waals surface area contributed by atoms with Gasteiger partial charge in [0.05, 0.1) is 0 Å². The van der Waals surface area contributed by atoms with Crippen LogP contribution < -0.4 is 11.5 Å². The van der Waals surface area contributed by atoms with Crippen molar-refractivity contribution in [1.82, 2.24) is 0 Å². The highest BCUT2D eigenvalue weighted by molar-refractivity contribution is 5.78. The van der Waals surface area contributed by atoms with E-state index in [2.05, 4.69) is 12.1 Å². The van der Waals surface area contributed by atoms with Crippen LogP contribution in [0.5, 0.6) is 0 Å². The molecule has 0 aliphatic heterocycles. The first-order valence-electron chi connectivity index (χ1n) is 6.73. The van der Waals surface area contributed by atoms with Crippen LogP contribution in [0.25, 0.3) is 0 Å². The molecule has 1 atom stereocenters. The van der Waals surface area contributed by atoms with Crippen molar-refractivity contribution in [2.24, 2.45) is 11.5 Å². The number of aryl methyl sites for hydroxylation is 1. The lowest BCUT2D eigenvalue weighted by Crippen LogP contribution is -2.24. The van der Waals surface area contributed by atoms with Gasteiger partial charge in [0.15, 0.2) is 0 Å². The molecule has 3 nitrogen and oxygen atoms in total. The Morgan fingerprint density at radius 3 is 2.56 bits per heavy atom. The maximum Gasteiger partial charge on any atom is 0.134 e. The quantitative estimate of drug-likeness (QED) is 0.702. The molecule has 0 saturated heterocycles. The van der Waals surface area contributed by atoms with Gasteiger partial charge in [-0.2, -0.15) is 0 Å². The summed E-state index contributed by atoms with van der Waals surface area (Å²) in [4.78, 5) is 11.7. The maximum atomic E-state index is 11.7. The van der Waals surface area contributed by atoms with E-state index < -0.39 is 0 Å². The number of carbonyl (C=O) groups is 1. The molecule has 0 heterocycles. The number of Topliss-reactive ketones (excluding diaryl/α,β-unsaturated/α-hetero) is 1. The Labute approximate surface area is 110 Å². The molecule has 0 aliphatic rings. The van der Waals surface area contributed by atoms with Gasteiger partial charge in [-0.15, -0.1) is 0 Å². The highest BCUT2D eigenvalue weighted by atomic mass is 16.1. The fraction of sp³-hybridized carbons (Fsp3) is 0.533. The standard InChI is InChI=1S/C15H24N2O/c16-11-5-9-14(17)12-15(18)10-4-8-13-6-2-1-3-7-13/h1-3,6-7,14H,4-5,8-12,16-17H2/t14-/m0/s1. The van der Waals surface area contributed by atoms with Gasteiger partial charge in [0, 0.05) is 18.9 Å². The van der Waals surface area contributed by atoms with Gasteiger partial charge in [-0.25, -0.2) is 0 Å². The van der Waals surface area contributed by atoms with Crippen LogP contribution in [-0.2, 0) is 11.2 Å². The minimum absolute atomic E-state index is 0.0159. The minimum Gasteiger partial charge on any atom is -0.330 e. The summed E-state index contributed by atoms with van der Waals surface area (Å²) < 4.78 is 0. The number of rotatable bonds is 9. The molecule has 0 aliphatic carbocycles. The van der Waals surface area contributed by atoms with E-state index in [-0.39, 0.29) is 11.8 Å². The zero-order chi connectivity index (χ0) is 13.2. The Morgan fingerprint density at radius 1 is 1.17 bits per heavy atom. The van der Waals surface area contributed by atoms with E-state index >= 15 is 0 Å². The maximum absolute atomic E-state index is 11.7. The largest absolute Gasteiger partial charge is 0.330 e.